The molecule has 1 unspecified atom stereocenters. The molecule has 1 atom stereocenters. The first-order valence-electron chi connectivity index (χ1n) is 6.28. The van der Waals surface area contributed by atoms with Crippen LogP contribution < -0.4 is 5.32 Å². The molecule has 1 N–H and O–H groups in total. The van der Waals surface area contributed by atoms with Crippen LogP contribution in [0.1, 0.15) is 22.7 Å². The third kappa shape index (κ3) is 3.34. The molecule has 0 saturated carbocycles. The second kappa shape index (κ2) is 6.18. The second-order valence-corrected chi connectivity index (χ2v) is 5.08. The number of hydrogen-bond acceptors (Lipinski definition) is 1. The van der Waals surface area contributed by atoms with Gasteiger partial charge in [-0.15, -0.1) is 0 Å². The lowest BCUT2D eigenvalue weighted by molar-refractivity contribution is 0.554. The number of aryl methyl sites for hydroxylation is 1. The summed E-state index contributed by atoms with van der Waals surface area (Å²) in [6.07, 6.45) is 0.576. The lowest BCUT2D eigenvalue weighted by atomic mass is 9.97. The highest BCUT2D eigenvalue weighted by Crippen LogP contribution is 2.24. The summed E-state index contributed by atoms with van der Waals surface area (Å²) in [7, 11) is 1.88. The maximum Gasteiger partial charge on any atom is 0.145 e. The molecule has 0 aliphatic carbocycles. The van der Waals surface area contributed by atoms with Crippen LogP contribution >= 0.6 is 11.6 Å². The monoisotopic (exact) mass is 277 g/mol. The first-order valence-corrected chi connectivity index (χ1v) is 6.66. The molecular formula is C16H17ClFN. The summed E-state index contributed by atoms with van der Waals surface area (Å²) >= 11 is 5.82. The lowest BCUT2D eigenvalue weighted by Gasteiger charge is -2.18. The van der Waals surface area contributed by atoms with Gasteiger partial charge in [-0.1, -0.05) is 53.6 Å². The normalized spacial score (nSPS) is 12.4. The number of likely N-dealkylation sites (N-methyl/N-ethyl adjacent to an activating group) is 1. The first-order chi connectivity index (χ1) is 9.11. The highest BCUT2D eigenvalue weighted by atomic mass is 35.5. The summed E-state index contributed by atoms with van der Waals surface area (Å²) < 4.78 is 13.9. The summed E-state index contributed by atoms with van der Waals surface area (Å²) in [6, 6.07) is 13.4. The van der Waals surface area contributed by atoms with Gasteiger partial charge in [-0.3, -0.25) is 0 Å². The van der Waals surface area contributed by atoms with Crippen molar-refractivity contribution in [3.05, 3.63) is 70.0 Å². The van der Waals surface area contributed by atoms with Crippen molar-refractivity contribution in [1.29, 1.82) is 0 Å². The maximum absolute atomic E-state index is 13.9. The predicted molar refractivity (Wildman–Crippen MR) is 78.1 cm³/mol. The highest BCUT2D eigenvalue weighted by Gasteiger charge is 2.14. The molecule has 0 radical (unpaired) electrons. The Hall–Kier alpha value is -1.38. The Morgan fingerprint density at radius 1 is 1.21 bits per heavy atom. The van der Waals surface area contributed by atoms with E-state index in [9.17, 15) is 4.39 Å². The van der Waals surface area contributed by atoms with Crippen molar-refractivity contribution in [2.45, 2.75) is 19.4 Å². The second-order valence-electron chi connectivity index (χ2n) is 4.67. The number of hydrogen-bond donors (Lipinski definition) is 1. The van der Waals surface area contributed by atoms with Crippen molar-refractivity contribution in [3.63, 3.8) is 0 Å². The fraction of sp³-hybridized carbons (Fsp3) is 0.250. The van der Waals surface area contributed by atoms with E-state index in [1.54, 1.807) is 18.2 Å². The molecule has 0 spiro atoms. The minimum atomic E-state index is -0.322. The van der Waals surface area contributed by atoms with Gasteiger partial charge in [0, 0.05) is 6.04 Å². The van der Waals surface area contributed by atoms with Crippen molar-refractivity contribution >= 4 is 11.6 Å². The van der Waals surface area contributed by atoms with Gasteiger partial charge in [0.25, 0.3) is 0 Å². The Labute approximate surface area is 118 Å². The van der Waals surface area contributed by atoms with E-state index in [4.69, 9.17) is 11.6 Å². The van der Waals surface area contributed by atoms with Gasteiger partial charge in [0.05, 0.1) is 5.02 Å². The number of rotatable bonds is 4. The Kier molecular flexibility index (Phi) is 4.56. The molecule has 2 rings (SSSR count). The number of benzene rings is 2. The molecule has 0 saturated heterocycles. The van der Waals surface area contributed by atoms with Crippen LogP contribution in [-0.4, -0.2) is 7.05 Å². The third-order valence-electron chi connectivity index (χ3n) is 3.25. The van der Waals surface area contributed by atoms with Gasteiger partial charge in [-0.25, -0.2) is 4.39 Å². The molecule has 0 aliphatic rings. The SMILES string of the molecule is CNC(Cc1cccc(Cl)c1F)c1cccc(C)c1. The van der Waals surface area contributed by atoms with Crippen LogP contribution in [0.3, 0.4) is 0 Å². The Bertz CT molecular complexity index is 568. The molecule has 3 heteroatoms. The zero-order valence-electron chi connectivity index (χ0n) is 11.1. The largest absolute Gasteiger partial charge is 0.313 e. The van der Waals surface area contributed by atoms with Gasteiger partial charge in [-0.05, 0) is 37.6 Å². The van der Waals surface area contributed by atoms with Crippen molar-refractivity contribution < 1.29 is 4.39 Å². The van der Waals surface area contributed by atoms with Gasteiger partial charge < -0.3 is 5.32 Å². The van der Waals surface area contributed by atoms with Gasteiger partial charge >= 0.3 is 0 Å². The van der Waals surface area contributed by atoms with Gasteiger partial charge in [-0.2, -0.15) is 0 Å². The minimum absolute atomic E-state index is 0.0767. The molecule has 0 heterocycles. The first kappa shape index (κ1) is 14.0. The molecule has 2 aromatic carbocycles. The van der Waals surface area contributed by atoms with Crippen molar-refractivity contribution in [3.8, 4) is 0 Å². The van der Waals surface area contributed by atoms with Crippen molar-refractivity contribution in [2.75, 3.05) is 7.05 Å². The van der Waals surface area contributed by atoms with Gasteiger partial charge in [0.15, 0.2) is 0 Å². The van der Waals surface area contributed by atoms with Gasteiger partial charge in [0.2, 0.25) is 0 Å². The standard InChI is InChI=1S/C16H17ClFN/c1-11-5-3-6-12(9-11)15(19-2)10-13-7-4-8-14(17)16(13)18/h3-9,15,19H,10H2,1-2H3. The molecule has 100 valence electrons. The van der Waals surface area contributed by atoms with E-state index in [0.717, 1.165) is 5.56 Å². The topological polar surface area (TPSA) is 12.0 Å². The molecule has 19 heavy (non-hydrogen) atoms. The Morgan fingerprint density at radius 2 is 1.95 bits per heavy atom. The van der Waals surface area contributed by atoms with E-state index in [1.165, 1.54) is 5.56 Å². The fourth-order valence-electron chi connectivity index (χ4n) is 2.20. The van der Waals surface area contributed by atoms with E-state index >= 15 is 0 Å². The van der Waals surface area contributed by atoms with Crippen molar-refractivity contribution in [2.24, 2.45) is 0 Å². The maximum atomic E-state index is 13.9. The molecule has 0 aromatic heterocycles. The lowest BCUT2D eigenvalue weighted by Crippen LogP contribution is -2.19. The molecule has 0 bridgehead atoms. The molecular weight excluding hydrogens is 261 g/mol. The zero-order valence-corrected chi connectivity index (χ0v) is 11.8. The molecule has 1 nitrogen and oxygen atoms in total. The average molecular weight is 278 g/mol. The van der Waals surface area contributed by atoms with Crippen LogP contribution in [0, 0.1) is 12.7 Å². The van der Waals surface area contributed by atoms with E-state index < -0.39 is 0 Å². The molecule has 0 amide bonds. The zero-order chi connectivity index (χ0) is 13.8. The smallest absolute Gasteiger partial charge is 0.145 e. The Morgan fingerprint density at radius 3 is 2.63 bits per heavy atom. The van der Waals surface area contributed by atoms with E-state index in [1.807, 2.05) is 13.1 Å². The summed E-state index contributed by atoms with van der Waals surface area (Å²) in [6.45, 7) is 2.05. The van der Waals surface area contributed by atoms with Crippen LogP contribution in [0.15, 0.2) is 42.5 Å². The summed E-state index contributed by atoms with van der Waals surface area (Å²) in [5.74, 6) is -0.322. The average Bonchev–Trinajstić information content (AvgIpc) is 2.40. The Balaban J connectivity index is 2.26. The van der Waals surface area contributed by atoms with Crippen LogP contribution in [0.5, 0.6) is 0 Å². The summed E-state index contributed by atoms with van der Waals surface area (Å²) in [5, 5.41) is 3.41. The van der Waals surface area contributed by atoms with Crippen LogP contribution in [0.25, 0.3) is 0 Å². The van der Waals surface area contributed by atoms with Crippen LogP contribution in [-0.2, 0) is 6.42 Å². The third-order valence-corrected chi connectivity index (χ3v) is 3.54. The van der Waals surface area contributed by atoms with E-state index in [-0.39, 0.29) is 16.9 Å². The molecule has 2 aromatic rings. The van der Waals surface area contributed by atoms with Crippen LogP contribution in [0.2, 0.25) is 5.02 Å². The quantitative estimate of drug-likeness (QED) is 0.879. The molecule has 0 aliphatic heterocycles. The minimum Gasteiger partial charge on any atom is -0.313 e. The number of nitrogens with one attached hydrogen (secondary N) is 1. The summed E-state index contributed by atoms with van der Waals surface area (Å²) in [4.78, 5) is 0. The predicted octanol–water partition coefficient (Wildman–Crippen LogP) is 4.29. The van der Waals surface area contributed by atoms with E-state index in [2.05, 4.69) is 30.4 Å². The van der Waals surface area contributed by atoms with Crippen molar-refractivity contribution in [1.82, 2.24) is 5.32 Å². The highest BCUT2D eigenvalue weighted by molar-refractivity contribution is 6.30. The summed E-state index contributed by atoms with van der Waals surface area (Å²) in [5.41, 5.74) is 2.99. The van der Waals surface area contributed by atoms with E-state index in [0.29, 0.717) is 12.0 Å². The fourth-order valence-corrected chi connectivity index (χ4v) is 2.39. The number of halogens is 2. The van der Waals surface area contributed by atoms with Gasteiger partial charge in [0.1, 0.15) is 5.82 Å². The van der Waals surface area contributed by atoms with Crippen LogP contribution in [0.4, 0.5) is 4.39 Å². The molecule has 0 fully saturated rings.